The van der Waals surface area contributed by atoms with E-state index in [-0.39, 0.29) is 0 Å². The summed E-state index contributed by atoms with van der Waals surface area (Å²) in [6.45, 7) is 11.2. The summed E-state index contributed by atoms with van der Waals surface area (Å²) in [5.41, 5.74) is 0. The zero-order valence-corrected chi connectivity index (χ0v) is 10.9. The first kappa shape index (κ1) is 12.3. The van der Waals surface area contributed by atoms with Crippen LogP contribution < -0.4 is 5.32 Å². The Hall–Kier alpha value is -0.120. The van der Waals surface area contributed by atoms with Crippen molar-refractivity contribution in [2.75, 3.05) is 26.3 Å². The first-order chi connectivity index (χ1) is 7.72. The number of hydrogen-bond acceptors (Lipinski definition) is 3. The van der Waals surface area contributed by atoms with Crippen LogP contribution in [-0.2, 0) is 4.74 Å². The average molecular weight is 226 g/mol. The molecule has 2 aliphatic rings. The normalized spacial score (nSPS) is 38.8. The average Bonchev–Trinajstić information content (AvgIpc) is 2.81. The highest BCUT2D eigenvalue weighted by Crippen LogP contribution is 2.24. The van der Waals surface area contributed by atoms with Gasteiger partial charge in [-0.2, -0.15) is 0 Å². The molecule has 3 nitrogen and oxygen atoms in total. The van der Waals surface area contributed by atoms with Gasteiger partial charge in [0.2, 0.25) is 0 Å². The lowest BCUT2D eigenvalue weighted by molar-refractivity contribution is 0.0463. The van der Waals surface area contributed by atoms with Gasteiger partial charge in [-0.15, -0.1) is 0 Å². The maximum atomic E-state index is 5.55. The van der Waals surface area contributed by atoms with Crippen LogP contribution in [0, 0.1) is 5.92 Å². The van der Waals surface area contributed by atoms with Crippen molar-refractivity contribution >= 4 is 0 Å². The molecule has 0 bridgehead atoms. The first-order valence-corrected chi connectivity index (χ1v) is 6.79. The van der Waals surface area contributed by atoms with Crippen molar-refractivity contribution in [3.05, 3.63) is 0 Å². The Kier molecular flexibility index (Phi) is 4.22. The second-order valence-electron chi connectivity index (χ2n) is 5.48. The Labute approximate surface area is 99.5 Å². The second-order valence-corrected chi connectivity index (χ2v) is 5.48. The molecule has 2 saturated heterocycles. The maximum absolute atomic E-state index is 5.55. The van der Waals surface area contributed by atoms with Crippen molar-refractivity contribution in [1.82, 2.24) is 10.2 Å². The van der Waals surface area contributed by atoms with E-state index >= 15 is 0 Å². The van der Waals surface area contributed by atoms with E-state index in [0.29, 0.717) is 18.1 Å². The first-order valence-electron chi connectivity index (χ1n) is 6.79. The van der Waals surface area contributed by atoms with Gasteiger partial charge in [-0.25, -0.2) is 0 Å². The Bertz CT molecular complexity index is 216. The molecule has 2 fully saturated rings. The monoisotopic (exact) mass is 226 g/mol. The van der Waals surface area contributed by atoms with Gasteiger partial charge >= 0.3 is 0 Å². The standard InChI is InChI=1S/C13H26N2O/c1-4-10(2)13-7-14-11(3)8-15(13)12-5-6-16-9-12/h10-14H,4-9H2,1-3H3. The molecule has 16 heavy (non-hydrogen) atoms. The fourth-order valence-corrected chi connectivity index (χ4v) is 2.96. The largest absolute Gasteiger partial charge is 0.380 e. The van der Waals surface area contributed by atoms with E-state index in [9.17, 15) is 0 Å². The second kappa shape index (κ2) is 5.48. The molecule has 1 N–H and O–H groups in total. The summed E-state index contributed by atoms with van der Waals surface area (Å²) in [7, 11) is 0. The number of piperazine rings is 1. The zero-order chi connectivity index (χ0) is 11.5. The highest BCUT2D eigenvalue weighted by Gasteiger charge is 2.35. The number of rotatable bonds is 3. The fourth-order valence-electron chi connectivity index (χ4n) is 2.96. The Morgan fingerprint density at radius 2 is 2.31 bits per heavy atom. The Balaban J connectivity index is 2.02. The Morgan fingerprint density at radius 1 is 1.50 bits per heavy atom. The van der Waals surface area contributed by atoms with Gasteiger partial charge in [0.15, 0.2) is 0 Å². The summed E-state index contributed by atoms with van der Waals surface area (Å²) >= 11 is 0. The smallest absolute Gasteiger partial charge is 0.0622 e. The summed E-state index contributed by atoms with van der Waals surface area (Å²) in [6.07, 6.45) is 2.49. The van der Waals surface area contributed by atoms with Crippen LogP contribution in [0.5, 0.6) is 0 Å². The van der Waals surface area contributed by atoms with Crippen molar-refractivity contribution < 1.29 is 4.74 Å². The molecule has 0 aliphatic carbocycles. The lowest BCUT2D eigenvalue weighted by Crippen LogP contribution is -2.60. The van der Waals surface area contributed by atoms with Crippen LogP contribution in [0.1, 0.15) is 33.6 Å². The van der Waals surface area contributed by atoms with Gasteiger partial charge in [-0.05, 0) is 19.3 Å². The molecular weight excluding hydrogens is 200 g/mol. The molecule has 0 amide bonds. The topological polar surface area (TPSA) is 24.5 Å². The van der Waals surface area contributed by atoms with Crippen LogP contribution in [0.4, 0.5) is 0 Å². The molecule has 94 valence electrons. The molecule has 0 radical (unpaired) electrons. The van der Waals surface area contributed by atoms with Crippen molar-refractivity contribution in [2.24, 2.45) is 5.92 Å². The Morgan fingerprint density at radius 3 is 2.94 bits per heavy atom. The van der Waals surface area contributed by atoms with Crippen LogP contribution >= 0.6 is 0 Å². The van der Waals surface area contributed by atoms with Crippen molar-refractivity contribution in [3.8, 4) is 0 Å². The van der Waals surface area contributed by atoms with E-state index in [1.54, 1.807) is 0 Å². The third kappa shape index (κ3) is 2.58. The van der Waals surface area contributed by atoms with Crippen LogP contribution in [0.25, 0.3) is 0 Å². The highest BCUT2D eigenvalue weighted by atomic mass is 16.5. The van der Waals surface area contributed by atoms with E-state index in [1.807, 2.05) is 0 Å². The summed E-state index contributed by atoms with van der Waals surface area (Å²) in [5.74, 6) is 0.778. The minimum Gasteiger partial charge on any atom is -0.380 e. The number of nitrogens with one attached hydrogen (secondary N) is 1. The molecular formula is C13H26N2O. The van der Waals surface area contributed by atoms with E-state index in [2.05, 4.69) is 31.0 Å². The molecule has 2 heterocycles. The van der Waals surface area contributed by atoms with Gasteiger partial charge in [-0.1, -0.05) is 20.3 Å². The third-order valence-electron chi connectivity index (χ3n) is 4.26. The lowest BCUT2D eigenvalue weighted by Gasteiger charge is -2.45. The van der Waals surface area contributed by atoms with E-state index in [0.717, 1.165) is 25.7 Å². The van der Waals surface area contributed by atoms with Gasteiger partial charge in [0, 0.05) is 37.8 Å². The maximum Gasteiger partial charge on any atom is 0.0622 e. The van der Waals surface area contributed by atoms with Gasteiger partial charge in [0.05, 0.1) is 6.61 Å². The third-order valence-corrected chi connectivity index (χ3v) is 4.26. The van der Waals surface area contributed by atoms with E-state index < -0.39 is 0 Å². The van der Waals surface area contributed by atoms with Gasteiger partial charge in [0.1, 0.15) is 0 Å². The van der Waals surface area contributed by atoms with Crippen LogP contribution in [-0.4, -0.2) is 49.3 Å². The summed E-state index contributed by atoms with van der Waals surface area (Å²) in [5, 5.41) is 3.62. The minimum atomic E-state index is 0.626. The van der Waals surface area contributed by atoms with Crippen LogP contribution in [0.2, 0.25) is 0 Å². The lowest BCUT2D eigenvalue weighted by atomic mass is 9.93. The van der Waals surface area contributed by atoms with Crippen LogP contribution in [0.3, 0.4) is 0 Å². The summed E-state index contributed by atoms with van der Waals surface area (Å²) < 4.78 is 5.55. The van der Waals surface area contributed by atoms with Crippen LogP contribution in [0.15, 0.2) is 0 Å². The quantitative estimate of drug-likeness (QED) is 0.789. The molecule has 0 aromatic carbocycles. The highest BCUT2D eigenvalue weighted by molar-refractivity contribution is 4.91. The molecule has 4 atom stereocenters. The molecule has 0 spiro atoms. The van der Waals surface area contributed by atoms with Crippen molar-refractivity contribution in [3.63, 3.8) is 0 Å². The van der Waals surface area contributed by atoms with E-state index in [4.69, 9.17) is 4.74 Å². The van der Waals surface area contributed by atoms with Crippen molar-refractivity contribution in [2.45, 2.75) is 51.7 Å². The van der Waals surface area contributed by atoms with Gasteiger partial charge in [0.25, 0.3) is 0 Å². The number of ether oxygens (including phenoxy) is 1. The van der Waals surface area contributed by atoms with Crippen molar-refractivity contribution in [1.29, 1.82) is 0 Å². The molecule has 0 saturated carbocycles. The number of nitrogens with zero attached hydrogens (tertiary/aromatic N) is 1. The minimum absolute atomic E-state index is 0.626. The SMILES string of the molecule is CCC(C)C1CNC(C)CN1C1CCOC1. The molecule has 0 aromatic rings. The van der Waals surface area contributed by atoms with Gasteiger partial charge < -0.3 is 10.1 Å². The molecule has 0 aromatic heterocycles. The molecule has 3 heteroatoms. The number of hydrogen-bond donors (Lipinski definition) is 1. The molecule has 2 aliphatic heterocycles. The zero-order valence-electron chi connectivity index (χ0n) is 10.9. The fraction of sp³-hybridized carbons (Fsp3) is 1.00. The predicted molar refractivity (Wildman–Crippen MR) is 66.6 cm³/mol. The molecule has 2 rings (SSSR count). The summed E-state index contributed by atoms with van der Waals surface area (Å²) in [6, 6.07) is 2.00. The summed E-state index contributed by atoms with van der Waals surface area (Å²) in [4.78, 5) is 2.71. The van der Waals surface area contributed by atoms with Gasteiger partial charge in [-0.3, -0.25) is 4.90 Å². The predicted octanol–water partition coefficient (Wildman–Crippen LogP) is 1.48. The van der Waals surface area contributed by atoms with E-state index in [1.165, 1.54) is 19.4 Å². The molecule has 4 unspecified atom stereocenters.